The fraction of sp³-hybridized carbons (Fsp3) is 0.176. The minimum Gasteiger partial charge on any atom is -0.459 e. The average Bonchev–Trinajstić information content (AvgIpc) is 3.34. The molecule has 4 aromatic rings. The first kappa shape index (κ1) is 15.5. The van der Waals surface area contributed by atoms with Crippen molar-refractivity contribution >= 4 is 22.9 Å². The highest BCUT2D eigenvalue weighted by molar-refractivity contribution is 7.13. The van der Waals surface area contributed by atoms with Crippen LogP contribution in [0.2, 0.25) is 0 Å². The molecule has 0 atom stereocenters. The highest BCUT2D eigenvalue weighted by atomic mass is 32.1. The van der Waals surface area contributed by atoms with Gasteiger partial charge in [0.15, 0.2) is 16.4 Å². The minimum absolute atomic E-state index is 0.209. The van der Waals surface area contributed by atoms with Crippen LogP contribution in [0.3, 0.4) is 0 Å². The van der Waals surface area contributed by atoms with Crippen LogP contribution in [0, 0.1) is 6.92 Å². The molecule has 4 aromatic heterocycles. The van der Waals surface area contributed by atoms with Crippen LogP contribution < -0.4 is 5.32 Å². The molecule has 7 nitrogen and oxygen atoms in total. The molecule has 1 N–H and O–H groups in total. The zero-order valence-electron chi connectivity index (χ0n) is 13.5. The van der Waals surface area contributed by atoms with Gasteiger partial charge >= 0.3 is 0 Å². The summed E-state index contributed by atoms with van der Waals surface area (Å²) >= 11 is 1.39. The maximum Gasteiger partial charge on any atom is 0.270 e. The molecule has 8 heteroatoms. The average molecular weight is 353 g/mol. The van der Waals surface area contributed by atoms with Crippen molar-refractivity contribution in [2.24, 2.45) is 0 Å². The molecule has 1 amide bonds. The molecule has 0 saturated heterocycles. The Morgan fingerprint density at radius 2 is 2.20 bits per heavy atom. The summed E-state index contributed by atoms with van der Waals surface area (Å²) in [5.74, 6) is 2.09. The van der Waals surface area contributed by atoms with Gasteiger partial charge in [-0.1, -0.05) is 6.07 Å². The maximum atomic E-state index is 12.2. The summed E-state index contributed by atoms with van der Waals surface area (Å²) in [6, 6.07) is 9.45. The van der Waals surface area contributed by atoms with Crippen molar-refractivity contribution in [3.05, 3.63) is 59.2 Å². The summed E-state index contributed by atoms with van der Waals surface area (Å²) in [7, 11) is 0. The van der Waals surface area contributed by atoms with E-state index < -0.39 is 0 Å². The third-order valence-corrected chi connectivity index (χ3v) is 4.56. The van der Waals surface area contributed by atoms with Crippen LogP contribution in [-0.4, -0.2) is 32.0 Å². The number of nitrogens with one attached hydrogen (secondary N) is 1. The topological polar surface area (TPSA) is 85.3 Å². The fourth-order valence-electron chi connectivity index (χ4n) is 2.48. The SMILES string of the molecule is Cc1ccc(-c2nc(C(=O)NCCc3nnc4ccccn34)cs2)o1. The van der Waals surface area contributed by atoms with Crippen molar-refractivity contribution in [3.63, 3.8) is 0 Å². The number of fused-ring (bicyclic) bond motifs is 1. The van der Waals surface area contributed by atoms with E-state index >= 15 is 0 Å². The number of aryl methyl sites for hydroxylation is 1. The molecule has 0 aliphatic carbocycles. The Morgan fingerprint density at radius 1 is 1.28 bits per heavy atom. The van der Waals surface area contributed by atoms with Crippen LogP contribution in [0.5, 0.6) is 0 Å². The molecule has 0 aliphatic rings. The van der Waals surface area contributed by atoms with Gasteiger partial charge in [-0.05, 0) is 31.2 Å². The molecule has 0 radical (unpaired) electrons. The summed E-state index contributed by atoms with van der Waals surface area (Å²) in [6.45, 7) is 2.33. The second-order valence-corrected chi connectivity index (χ2v) is 6.36. The maximum absolute atomic E-state index is 12.2. The molecule has 4 heterocycles. The van der Waals surface area contributed by atoms with E-state index in [1.54, 1.807) is 5.38 Å². The van der Waals surface area contributed by atoms with Crippen molar-refractivity contribution in [1.82, 2.24) is 24.9 Å². The van der Waals surface area contributed by atoms with Gasteiger partial charge in [0.05, 0.1) is 0 Å². The number of thiazole rings is 1. The standard InChI is InChI=1S/C17H15N5O2S/c1-11-5-6-13(24-11)17-19-12(10-25-17)16(23)18-8-7-15-21-20-14-4-2-3-9-22(14)15/h2-6,9-10H,7-8H2,1H3,(H,18,23). The first-order chi connectivity index (χ1) is 12.2. The summed E-state index contributed by atoms with van der Waals surface area (Å²) in [5, 5.41) is 13.5. The molecule has 0 bridgehead atoms. The van der Waals surface area contributed by atoms with Gasteiger partial charge in [-0.25, -0.2) is 4.98 Å². The van der Waals surface area contributed by atoms with E-state index in [9.17, 15) is 4.79 Å². The number of rotatable bonds is 5. The zero-order valence-corrected chi connectivity index (χ0v) is 14.3. The van der Waals surface area contributed by atoms with E-state index in [0.29, 0.717) is 29.4 Å². The van der Waals surface area contributed by atoms with Crippen molar-refractivity contribution in [2.75, 3.05) is 6.54 Å². The first-order valence-electron chi connectivity index (χ1n) is 7.80. The quantitative estimate of drug-likeness (QED) is 0.596. The first-order valence-corrected chi connectivity index (χ1v) is 8.68. The number of pyridine rings is 1. The molecule has 0 aliphatic heterocycles. The Hall–Kier alpha value is -3.00. The lowest BCUT2D eigenvalue weighted by Crippen LogP contribution is -2.26. The van der Waals surface area contributed by atoms with Crippen LogP contribution in [-0.2, 0) is 6.42 Å². The smallest absolute Gasteiger partial charge is 0.270 e. The molecular formula is C17H15N5O2S. The van der Waals surface area contributed by atoms with Gasteiger partial charge in [-0.2, -0.15) is 0 Å². The van der Waals surface area contributed by atoms with Gasteiger partial charge in [-0.3, -0.25) is 9.20 Å². The van der Waals surface area contributed by atoms with E-state index in [1.807, 2.05) is 47.9 Å². The van der Waals surface area contributed by atoms with Crippen molar-refractivity contribution in [3.8, 4) is 10.8 Å². The Labute approximate surface area is 147 Å². The fourth-order valence-corrected chi connectivity index (χ4v) is 3.24. The van der Waals surface area contributed by atoms with Gasteiger partial charge in [0.2, 0.25) is 0 Å². The Bertz CT molecular complexity index is 1030. The third kappa shape index (κ3) is 3.16. The lowest BCUT2D eigenvalue weighted by atomic mass is 10.3. The second kappa shape index (κ2) is 6.48. The Balaban J connectivity index is 1.38. The van der Waals surface area contributed by atoms with Gasteiger partial charge in [0.25, 0.3) is 5.91 Å². The Kier molecular flexibility index (Phi) is 4.02. The Morgan fingerprint density at radius 3 is 3.04 bits per heavy atom. The summed E-state index contributed by atoms with van der Waals surface area (Å²) < 4.78 is 7.44. The molecule has 25 heavy (non-hydrogen) atoms. The lowest BCUT2D eigenvalue weighted by Gasteiger charge is -2.02. The number of furan rings is 1. The van der Waals surface area contributed by atoms with Gasteiger partial charge in [0.1, 0.15) is 17.3 Å². The molecule has 0 fully saturated rings. The number of aromatic nitrogens is 4. The van der Waals surface area contributed by atoms with Crippen LogP contribution in [0.1, 0.15) is 22.1 Å². The van der Waals surface area contributed by atoms with Crippen molar-refractivity contribution < 1.29 is 9.21 Å². The van der Waals surface area contributed by atoms with Gasteiger partial charge in [0, 0.05) is 24.5 Å². The van der Waals surface area contributed by atoms with E-state index in [2.05, 4.69) is 20.5 Å². The van der Waals surface area contributed by atoms with Crippen LogP contribution >= 0.6 is 11.3 Å². The minimum atomic E-state index is -0.209. The van der Waals surface area contributed by atoms with Crippen molar-refractivity contribution in [1.29, 1.82) is 0 Å². The van der Waals surface area contributed by atoms with Crippen molar-refractivity contribution in [2.45, 2.75) is 13.3 Å². The predicted octanol–water partition coefficient (Wildman–Crippen LogP) is 2.73. The summed E-state index contributed by atoms with van der Waals surface area (Å²) in [4.78, 5) is 16.6. The molecule has 0 unspecified atom stereocenters. The van der Waals surface area contributed by atoms with E-state index in [1.165, 1.54) is 11.3 Å². The van der Waals surface area contributed by atoms with Crippen LogP contribution in [0.15, 0.2) is 46.3 Å². The normalized spacial score (nSPS) is 11.1. The number of amides is 1. The molecule has 0 aromatic carbocycles. The van der Waals surface area contributed by atoms with Crippen LogP contribution in [0.25, 0.3) is 16.4 Å². The number of hydrogen-bond acceptors (Lipinski definition) is 6. The molecule has 0 saturated carbocycles. The lowest BCUT2D eigenvalue weighted by molar-refractivity contribution is 0.0949. The predicted molar refractivity (Wildman–Crippen MR) is 93.6 cm³/mol. The van der Waals surface area contributed by atoms with Gasteiger partial charge in [-0.15, -0.1) is 21.5 Å². The highest BCUT2D eigenvalue weighted by Crippen LogP contribution is 2.25. The zero-order chi connectivity index (χ0) is 17.2. The van der Waals surface area contributed by atoms with Crippen LogP contribution in [0.4, 0.5) is 0 Å². The monoisotopic (exact) mass is 353 g/mol. The molecule has 0 spiro atoms. The molecule has 126 valence electrons. The summed E-state index contributed by atoms with van der Waals surface area (Å²) in [5.41, 5.74) is 1.18. The number of nitrogens with zero attached hydrogens (tertiary/aromatic N) is 4. The largest absolute Gasteiger partial charge is 0.459 e. The highest BCUT2D eigenvalue weighted by Gasteiger charge is 2.14. The molecular weight excluding hydrogens is 338 g/mol. The van der Waals surface area contributed by atoms with E-state index in [0.717, 1.165) is 17.2 Å². The summed E-state index contributed by atoms with van der Waals surface area (Å²) in [6.07, 6.45) is 2.50. The number of carbonyl (C=O) groups is 1. The van der Waals surface area contributed by atoms with Gasteiger partial charge < -0.3 is 9.73 Å². The van der Waals surface area contributed by atoms with E-state index in [4.69, 9.17) is 4.42 Å². The third-order valence-electron chi connectivity index (χ3n) is 3.71. The molecule has 4 rings (SSSR count). The number of carbonyl (C=O) groups excluding carboxylic acids is 1. The van der Waals surface area contributed by atoms with E-state index in [-0.39, 0.29) is 5.91 Å². The number of hydrogen-bond donors (Lipinski definition) is 1. The second-order valence-electron chi connectivity index (χ2n) is 5.50.